The molecule has 4 unspecified atom stereocenters. The lowest BCUT2D eigenvalue weighted by Gasteiger charge is -2.34. The van der Waals surface area contributed by atoms with Crippen molar-refractivity contribution in [2.24, 2.45) is 0 Å². The van der Waals surface area contributed by atoms with Gasteiger partial charge in [-0.3, -0.25) is 0 Å². The van der Waals surface area contributed by atoms with Gasteiger partial charge in [-0.25, -0.2) is 0 Å². The molecule has 4 nitrogen and oxygen atoms in total. The van der Waals surface area contributed by atoms with Gasteiger partial charge >= 0.3 is 0 Å². The Morgan fingerprint density at radius 1 is 0.808 bits per heavy atom. The lowest BCUT2D eigenvalue weighted by Crippen LogP contribution is -2.41. The van der Waals surface area contributed by atoms with Crippen molar-refractivity contribution in [1.82, 2.24) is 0 Å². The van der Waals surface area contributed by atoms with Crippen LogP contribution in [0.3, 0.4) is 0 Å². The minimum Gasteiger partial charge on any atom is -0.487 e. The Labute approximate surface area is 155 Å². The minimum atomic E-state index is 0.102. The van der Waals surface area contributed by atoms with Gasteiger partial charge in [-0.1, -0.05) is 38.1 Å². The lowest BCUT2D eigenvalue weighted by molar-refractivity contribution is -0.108. The summed E-state index contributed by atoms with van der Waals surface area (Å²) >= 11 is 0. The minimum absolute atomic E-state index is 0.102. The molecule has 0 spiro atoms. The third-order valence-corrected chi connectivity index (χ3v) is 5.50. The van der Waals surface area contributed by atoms with Crippen LogP contribution in [-0.2, 0) is 9.47 Å². The molecular formula is C22H28O4. The van der Waals surface area contributed by atoms with Gasteiger partial charge in [0.15, 0.2) is 0 Å². The maximum absolute atomic E-state index is 6.34. The summed E-state index contributed by atoms with van der Waals surface area (Å²) < 4.78 is 24.0. The summed E-state index contributed by atoms with van der Waals surface area (Å²) in [4.78, 5) is 0. The summed E-state index contributed by atoms with van der Waals surface area (Å²) in [5.41, 5.74) is 0. The number of hydrogen-bond donors (Lipinski definition) is 0. The second-order valence-corrected chi connectivity index (χ2v) is 7.13. The van der Waals surface area contributed by atoms with Crippen LogP contribution in [0.2, 0.25) is 0 Å². The molecule has 2 aromatic carbocycles. The molecule has 2 fully saturated rings. The van der Waals surface area contributed by atoms with Crippen LogP contribution in [0.25, 0.3) is 10.8 Å². The molecule has 0 N–H and O–H groups in total. The average molecular weight is 356 g/mol. The quantitative estimate of drug-likeness (QED) is 0.685. The number of fused-ring (bicyclic) bond motifs is 1. The van der Waals surface area contributed by atoms with Crippen molar-refractivity contribution >= 4 is 10.8 Å². The summed E-state index contributed by atoms with van der Waals surface area (Å²) in [7, 11) is 0. The van der Waals surface area contributed by atoms with Crippen molar-refractivity contribution in [3.8, 4) is 11.5 Å². The van der Waals surface area contributed by atoms with Crippen LogP contribution in [0.5, 0.6) is 11.5 Å². The normalized spacial score (nSPS) is 24.4. The van der Waals surface area contributed by atoms with Gasteiger partial charge in [0.1, 0.15) is 23.7 Å². The summed E-state index contributed by atoms with van der Waals surface area (Å²) in [6.07, 6.45) is 4.68. The number of hydrogen-bond acceptors (Lipinski definition) is 4. The molecule has 2 heterocycles. The zero-order chi connectivity index (χ0) is 17.9. The Kier molecular flexibility index (Phi) is 5.32. The van der Waals surface area contributed by atoms with E-state index in [0.717, 1.165) is 61.2 Å². The molecule has 26 heavy (non-hydrogen) atoms. The second kappa shape index (κ2) is 7.85. The van der Waals surface area contributed by atoms with Crippen molar-refractivity contribution in [1.29, 1.82) is 0 Å². The molecule has 0 amide bonds. The van der Waals surface area contributed by atoms with Gasteiger partial charge in [-0.2, -0.15) is 0 Å². The largest absolute Gasteiger partial charge is 0.487 e. The van der Waals surface area contributed by atoms with E-state index in [9.17, 15) is 0 Å². The standard InChI is InChI=1S/C22H28O4/c1-3-17(21-11-13-23-21)25-19-9-5-8-16-15(19)7-6-10-20(16)26-18(4-2)22-12-14-24-22/h5-10,17-18,21-22H,3-4,11-14H2,1-2H3. The highest BCUT2D eigenvalue weighted by Gasteiger charge is 2.30. The molecule has 0 aromatic heterocycles. The number of rotatable bonds is 8. The molecule has 0 radical (unpaired) electrons. The van der Waals surface area contributed by atoms with Gasteiger partial charge in [0.2, 0.25) is 0 Å². The fourth-order valence-electron chi connectivity index (χ4n) is 3.72. The zero-order valence-electron chi connectivity index (χ0n) is 15.6. The van der Waals surface area contributed by atoms with Crippen LogP contribution in [0.4, 0.5) is 0 Å². The molecule has 0 saturated carbocycles. The first-order valence-corrected chi connectivity index (χ1v) is 9.88. The van der Waals surface area contributed by atoms with Gasteiger partial charge in [-0.05, 0) is 25.0 Å². The monoisotopic (exact) mass is 356 g/mol. The third kappa shape index (κ3) is 3.40. The highest BCUT2D eigenvalue weighted by atomic mass is 16.6. The number of ether oxygens (including phenoxy) is 4. The molecule has 0 aliphatic carbocycles. The van der Waals surface area contributed by atoms with Crippen molar-refractivity contribution in [2.75, 3.05) is 13.2 Å². The van der Waals surface area contributed by atoms with E-state index in [1.807, 2.05) is 24.3 Å². The van der Waals surface area contributed by atoms with Gasteiger partial charge < -0.3 is 18.9 Å². The maximum atomic E-state index is 6.34. The van der Waals surface area contributed by atoms with Crippen LogP contribution >= 0.6 is 0 Å². The topological polar surface area (TPSA) is 36.9 Å². The van der Waals surface area contributed by atoms with Gasteiger partial charge in [0, 0.05) is 36.8 Å². The van der Waals surface area contributed by atoms with Gasteiger partial charge in [-0.15, -0.1) is 0 Å². The number of benzene rings is 2. The van der Waals surface area contributed by atoms with Crippen LogP contribution in [0.1, 0.15) is 39.5 Å². The first kappa shape index (κ1) is 17.6. The predicted molar refractivity (Wildman–Crippen MR) is 102 cm³/mol. The van der Waals surface area contributed by atoms with Gasteiger partial charge in [0.25, 0.3) is 0 Å². The Balaban J connectivity index is 1.59. The molecule has 2 saturated heterocycles. The summed E-state index contributed by atoms with van der Waals surface area (Å²) in [5, 5.41) is 2.18. The fourth-order valence-corrected chi connectivity index (χ4v) is 3.72. The average Bonchev–Trinajstić information content (AvgIpc) is 2.58. The van der Waals surface area contributed by atoms with Crippen molar-refractivity contribution < 1.29 is 18.9 Å². The Hall–Kier alpha value is -1.78. The van der Waals surface area contributed by atoms with E-state index < -0.39 is 0 Å². The first-order valence-electron chi connectivity index (χ1n) is 9.88. The molecule has 4 atom stereocenters. The molecule has 4 rings (SSSR count). The van der Waals surface area contributed by atoms with Crippen LogP contribution in [-0.4, -0.2) is 37.6 Å². The highest BCUT2D eigenvalue weighted by molar-refractivity contribution is 5.93. The molecule has 0 bridgehead atoms. The van der Waals surface area contributed by atoms with Crippen molar-refractivity contribution in [3.63, 3.8) is 0 Å². The van der Waals surface area contributed by atoms with Crippen LogP contribution in [0, 0.1) is 0 Å². The fraction of sp³-hybridized carbons (Fsp3) is 0.545. The maximum Gasteiger partial charge on any atom is 0.127 e. The predicted octanol–water partition coefficient (Wildman–Crippen LogP) is 4.73. The molecule has 2 aliphatic heterocycles. The van der Waals surface area contributed by atoms with E-state index in [4.69, 9.17) is 18.9 Å². The van der Waals surface area contributed by atoms with E-state index >= 15 is 0 Å². The van der Waals surface area contributed by atoms with Crippen LogP contribution in [0.15, 0.2) is 36.4 Å². The summed E-state index contributed by atoms with van der Waals surface area (Å²) in [6.45, 7) is 5.99. The molecule has 4 heteroatoms. The van der Waals surface area contributed by atoms with E-state index in [0.29, 0.717) is 0 Å². The SMILES string of the molecule is CCC(Oc1cccc2c(OC(CC)C3CCO3)cccc12)C1CCO1. The van der Waals surface area contributed by atoms with E-state index in [-0.39, 0.29) is 24.4 Å². The molecular weight excluding hydrogens is 328 g/mol. The molecule has 2 aliphatic rings. The first-order chi connectivity index (χ1) is 12.8. The Morgan fingerprint density at radius 3 is 1.54 bits per heavy atom. The van der Waals surface area contributed by atoms with E-state index in [1.165, 1.54) is 0 Å². The Morgan fingerprint density at radius 2 is 1.23 bits per heavy atom. The van der Waals surface area contributed by atoms with Crippen molar-refractivity contribution in [2.45, 2.75) is 63.9 Å². The van der Waals surface area contributed by atoms with E-state index in [1.54, 1.807) is 0 Å². The Bertz CT molecular complexity index is 673. The zero-order valence-corrected chi connectivity index (χ0v) is 15.6. The van der Waals surface area contributed by atoms with E-state index in [2.05, 4.69) is 26.0 Å². The second-order valence-electron chi connectivity index (χ2n) is 7.13. The third-order valence-electron chi connectivity index (χ3n) is 5.50. The molecule has 140 valence electrons. The smallest absolute Gasteiger partial charge is 0.127 e. The molecule has 2 aromatic rings. The highest BCUT2D eigenvalue weighted by Crippen LogP contribution is 2.35. The van der Waals surface area contributed by atoms with Crippen LogP contribution < -0.4 is 9.47 Å². The summed E-state index contributed by atoms with van der Waals surface area (Å²) in [6, 6.07) is 12.4. The summed E-state index contributed by atoms with van der Waals surface area (Å²) in [5.74, 6) is 1.81. The van der Waals surface area contributed by atoms with Crippen molar-refractivity contribution in [3.05, 3.63) is 36.4 Å². The van der Waals surface area contributed by atoms with Gasteiger partial charge in [0.05, 0.1) is 12.2 Å². The lowest BCUT2D eigenvalue weighted by atomic mass is 10.0.